The molecular formula is C24H21FN4O3. The maximum absolute atomic E-state index is 13.9. The third kappa shape index (κ3) is 3.78. The van der Waals surface area contributed by atoms with E-state index in [1.165, 1.54) is 18.3 Å². The summed E-state index contributed by atoms with van der Waals surface area (Å²) < 4.78 is 25.0. The van der Waals surface area contributed by atoms with Crippen LogP contribution in [0, 0.1) is 23.1 Å². The Kier molecular flexibility index (Phi) is 5.23. The van der Waals surface area contributed by atoms with E-state index in [1.54, 1.807) is 24.3 Å². The Morgan fingerprint density at radius 1 is 1.12 bits per heavy atom. The second kappa shape index (κ2) is 8.35. The number of pyridine rings is 1. The highest BCUT2D eigenvalue weighted by Crippen LogP contribution is 2.35. The average molecular weight is 432 g/mol. The van der Waals surface area contributed by atoms with Crippen LogP contribution in [0.2, 0.25) is 0 Å². The Balaban J connectivity index is 1.30. The standard InChI is InChI=1S/C24H21FN4O3/c25-17-1-3-20-19(11-17)23(16(13-26)14-27-20)29-7-5-15(6-8-29)24(30)28-18-2-4-21-22(12-18)32-10-9-31-21/h1-4,11-12,14-15H,5-10H2,(H,28,30). The lowest BCUT2D eigenvalue weighted by molar-refractivity contribution is -0.120. The molecule has 5 rings (SSSR count). The first-order valence-electron chi connectivity index (χ1n) is 10.6. The van der Waals surface area contributed by atoms with Crippen molar-refractivity contribution in [1.29, 1.82) is 5.26 Å². The quantitative estimate of drug-likeness (QED) is 0.676. The van der Waals surface area contributed by atoms with E-state index < -0.39 is 0 Å². The number of hydrogen-bond acceptors (Lipinski definition) is 6. The van der Waals surface area contributed by atoms with Gasteiger partial charge in [-0.3, -0.25) is 9.78 Å². The van der Waals surface area contributed by atoms with Crippen molar-refractivity contribution < 1.29 is 18.7 Å². The highest BCUT2D eigenvalue weighted by molar-refractivity contribution is 5.95. The van der Waals surface area contributed by atoms with Crippen LogP contribution in [0.4, 0.5) is 15.8 Å². The molecule has 2 aliphatic heterocycles. The molecule has 0 aliphatic carbocycles. The van der Waals surface area contributed by atoms with Gasteiger partial charge in [-0.05, 0) is 43.2 Å². The van der Waals surface area contributed by atoms with Crippen LogP contribution in [0.15, 0.2) is 42.6 Å². The van der Waals surface area contributed by atoms with Gasteiger partial charge in [0.05, 0.1) is 16.8 Å². The Morgan fingerprint density at radius 3 is 2.69 bits per heavy atom. The summed E-state index contributed by atoms with van der Waals surface area (Å²) in [4.78, 5) is 19.2. The molecule has 0 bridgehead atoms. The van der Waals surface area contributed by atoms with Crippen LogP contribution in [-0.4, -0.2) is 37.2 Å². The average Bonchev–Trinajstić information content (AvgIpc) is 2.83. The van der Waals surface area contributed by atoms with Gasteiger partial charge in [0.25, 0.3) is 0 Å². The van der Waals surface area contributed by atoms with E-state index in [1.807, 2.05) is 0 Å². The summed E-state index contributed by atoms with van der Waals surface area (Å²) in [5.41, 5.74) is 2.40. The van der Waals surface area contributed by atoms with Gasteiger partial charge in [0.2, 0.25) is 5.91 Å². The third-order valence-electron chi connectivity index (χ3n) is 5.91. The number of nitriles is 1. The molecule has 1 fully saturated rings. The van der Waals surface area contributed by atoms with E-state index in [4.69, 9.17) is 9.47 Å². The van der Waals surface area contributed by atoms with Crippen molar-refractivity contribution >= 4 is 28.2 Å². The first kappa shape index (κ1) is 20.1. The molecule has 3 aromatic rings. The molecule has 2 aliphatic rings. The van der Waals surface area contributed by atoms with Crippen molar-refractivity contribution in [1.82, 2.24) is 4.98 Å². The Hall–Kier alpha value is -3.86. The van der Waals surface area contributed by atoms with E-state index in [9.17, 15) is 14.4 Å². The zero-order chi connectivity index (χ0) is 22.1. The fraction of sp³-hybridized carbons (Fsp3) is 0.292. The van der Waals surface area contributed by atoms with E-state index in [-0.39, 0.29) is 17.6 Å². The van der Waals surface area contributed by atoms with Gasteiger partial charge in [0.1, 0.15) is 25.1 Å². The van der Waals surface area contributed by atoms with Crippen LogP contribution in [0.5, 0.6) is 11.5 Å². The van der Waals surface area contributed by atoms with Crippen molar-refractivity contribution in [3.05, 3.63) is 54.0 Å². The molecule has 1 saturated heterocycles. The number of aromatic nitrogens is 1. The molecule has 162 valence electrons. The normalized spacial score (nSPS) is 15.9. The number of halogens is 1. The van der Waals surface area contributed by atoms with Gasteiger partial charge in [-0.25, -0.2) is 4.39 Å². The minimum absolute atomic E-state index is 0.0486. The molecule has 1 N–H and O–H groups in total. The summed E-state index contributed by atoms with van der Waals surface area (Å²) in [6.07, 6.45) is 2.77. The zero-order valence-electron chi connectivity index (χ0n) is 17.3. The van der Waals surface area contributed by atoms with Crippen LogP contribution < -0.4 is 19.7 Å². The predicted octanol–water partition coefficient (Wildman–Crippen LogP) is 3.87. The summed E-state index contributed by atoms with van der Waals surface area (Å²) in [5.74, 6) is 0.730. The number of anilines is 2. The lowest BCUT2D eigenvalue weighted by atomic mass is 9.94. The maximum Gasteiger partial charge on any atom is 0.227 e. The number of carbonyl (C=O) groups excluding carboxylic acids is 1. The fourth-order valence-corrected chi connectivity index (χ4v) is 4.30. The van der Waals surface area contributed by atoms with Crippen molar-refractivity contribution in [3.8, 4) is 17.6 Å². The number of nitrogens with zero attached hydrogens (tertiary/aromatic N) is 3. The van der Waals surface area contributed by atoms with E-state index in [0.717, 1.165) is 0 Å². The zero-order valence-corrected chi connectivity index (χ0v) is 17.3. The third-order valence-corrected chi connectivity index (χ3v) is 5.91. The molecule has 0 radical (unpaired) electrons. The van der Waals surface area contributed by atoms with Gasteiger partial charge in [0.15, 0.2) is 11.5 Å². The maximum atomic E-state index is 13.9. The second-order valence-electron chi connectivity index (χ2n) is 7.90. The van der Waals surface area contributed by atoms with Crippen molar-refractivity contribution in [2.45, 2.75) is 12.8 Å². The highest BCUT2D eigenvalue weighted by Gasteiger charge is 2.28. The van der Waals surface area contributed by atoms with E-state index in [0.29, 0.717) is 78.5 Å². The van der Waals surface area contributed by atoms with Gasteiger partial charge in [-0.1, -0.05) is 0 Å². The molecule has 0 spiro atoms. The second-order valence-corrected chi connectivity index (χ2v) is 7.90. The number of fused-ring (bicyclic) bond motifs is 2. The largest absolute Gasteiger partial charge is 0.486 e. The number of rotatable bonds is 3. The molecule has 32 heavy (non-hydrogen) atoms. The van der Waals surface area contributed by atoms with Crippen LogP contribution >= 0.6 is 0 Å². The smallest absolute Gasteiger partial charge is 0.227 e. The minimum atomic E-state index is -0.371. The number of amides is 1. The Bertz CT molecular complexity index is 1230. The summed E-state index contributed by atoms with van der Waals surface area (Å²) in [6, 6.07) is 11.9. The van der Waals surface area contributed by atoms with Gasteiger partial charge in [-0.15, -0.1) is 0 Å². The monoisotopic (exact) mass is 432 g/mol. The summed E-state index contributed by atoms with van der Waals surface area (Å²) >= 11 is 0. The summed E-state index contributed by atoms with van der Waals surface area (Å²) in [6.45, 7) is 2.18. The van der Waals surface area contributed by atoms with Gasteiger partial charge in [-0.2, -0.15) is 5.26 Å². The van der Waals surface area contributed by atoms with Crippen LogP contribution in [0.25, 0.3) is 10.9 Å². The predicted molar refractivity (Wildman–Crippen MR) is 117 cm³/mol. The molecule has 3 heterocycles. The van der Waals surface area contributed by atoms with Crippen molar-refractivity contribution in [2.75, 3.05) is 36.5 Å². The number of hydrogen-bond donors (Lipinski definition) is 1. The van der Waals surface area contributed by atoms with Gasteiger partial charge >= 0.3 is 0 Å². The summed E-state index contributed by atoms with van der Waals surface area (Å²) in [7, 11) is 0. The lowest BCUT2D eigenvalue weighted by Gasteiger charge is -2.34. The van der Waals surface area contributed by atoms with Crippen LogP contribution in [-0.2, 0) is 4.79 Å². The van der Waals surface area contributed by atoms with Gasteiger partial charge < -0.3 is 19.7 Å². The lowest BCUT2D eigenvalue weighted by Crippen LogP contribution is -2.38. The number of carbonyl (C=O) groups is 1. The van der Waals surface area contributed by atoms with Crippen LogP contribution in [0.1, 0.15) is 18.4 Å². The number of ether oxygens (including phenoxy) is 2. The number of piperidine rings is 1. The fourth-order valence-electron chi connectivity index (χ4n) is 4.30. The first-order valence-corrected chi connectivity index (χ1v) is 10.6. The van der Waals surface area contributed by atoms with Crippen LogP contribution in [0.3, 0.4) is 0 Å². The molecule has 2 aromatic carbocycles. The Morgan fingerprint density at radius 2 is 1.91 bits per heavy atom. The van der Waals surface area contributed by atoms with E-state index >= 15 is 0 Å². The minimum Gasteiger partial charge on any atom is -0.486 e. The topological polar surface area (TPSA) is 87.5 Å². The Labute approximate surface area is 184 Å². The molecule has 0 saturated carbocycles. The van der Waals surface area contributed by atoms with E-state index in [2.05, 4.69) is 21.3 Å². The molecule has 0 atom stereocenters. The number of benzene rings is 2. The molecule has 8 heteroatoms. The molecule has 1 amide bonds. The molecule has 1 aromatic heterocycles. The molecule has 0 unspecified atom stereocenters. The molecule has 7 nitrogen and oxygen atoms in total. The first-order chi connectivity index (χ1) is 15.6. The molecular weight excluding hydrogens is 411 g/mol. The van der Waals surface area contributed by atoms with Crippen molar-refractivity contribution in [3.63, 3.8) is 0 Å². The SMILES string of the molecule is N#Cc1cnc2ccc(F)cc2c1N1CCC(C(=O)Nc2ccc3c(c2)OCCO3)CC1. The summed E-state index contributed by atoms with van der Waals surface area (Å²) in [5, 5.41) is 13.2. The van der Waals surface area contributed by atoms with Gasteiger partial charge in [0, 0.05) is 42.3 Å². The number of nitrogens with one attached hydrogen (secondary N) is 1. The highest BCUT2D eigenvalue weighted by atomic mass is 19.1. The van der Waals surface area contributed by atoms with Crippen molar-refractivity contribution in [2.24, 2.45) is 5.92 Å².